The van der Waals surface area contributed by atoms with Crippen molar-refractivity contribution >= 4 is 40.3 Å². The third-order valence-electron chi connectivity index (χ3n) is 4.11. The summed E-state index contributed by atoms with van der Waals surface area (Å²) in [6.07, 6.45) is 5.76. The van der Waals surface area contributed by atoms with Crippen LogP contribution in [0.1, 0.15) is 23.8 Å². The summed E-state index contributed by atoms with van der Waals surface area (Å²) < 4.78 is 0. The molecule has 5 N–H and O–H groups in total. The molecule has 1 amide bonds. The lowest BCUT2D eigenvalue weighted by molar-refractivity contribution is -0.108. The number of nitrogens with zero attached hydrogens (tertiary/aromatic N) is 4. The molecule has 3 rings (SSSR count). The van der Waals surface area contributed by atoms with Crippen LogP contribution in [0.15, 0.2) is 42.9 Å². The number of nitrogens with one attached hydrogen (secondary N) is 1. The van der Waals surface area contributed by atoms with E-state index in [-0.39, 0.29) is 24.0 Å². The van der Waals surface area contributed by atoms with Crippen molar-refractivity contribution in [2.45, 2.75) is 19.4 Å². The monoisotopic (exact) mass is 365 g/mol. The standard InChI is InChI=1S/C18H19N7O2/c1-11(6-8-26)25(20)15-10-22-16(17(19)27)18(24-15)23-14-4-2-3-12-5-7-21-9-13(12)14/h2-5,7-11H,6,20H2,1H3,(H2,19,27)(H,23,24)/t11-/m1/s1. The number of primary amides is 1. The molecule has 0 aliphatic carbocycles. The Hall–Kier alpha value is -3.59. The molecule has 0 unspecified atom stereocenters. The van der Waals surface area contributed by atoms with Crippen LogP contribution in [0, 0.1) is 0 Å². The molecule has 9 heteroatoms. The van der Waals surface area contributed by atoms with Gasteiger partial charge in [-0.1, -0.05) is 12.1 Å². The molecular formula is C18H19N7O2. The number of benzene rings is 1. The van der Waals surface area contributed by atoms with Crippen LogP contribution < -0.4 is 21.9 Å². The molecule has 2 aromatic heterocycles. The van der Waals surface area contributed by atoms with Crippen LogP contribution in [0.2, 0.25) is 0 Å². The third-order valence-corrected chi connectivity index (χ3v) is 4.11. The molecule has 3 aromatic rings. The van der Waals surface area contributed by atoms with Gasteiger partial charge in [0.25, 0.3) is 5.91 Å². The Balaban J connectivity index is 2.03. The lowest BCUT2D eigenvalue weighted by Gasteiger charge is -2.24. The Morgan fingerprint density at radius 2 is 2.15 bits per heavy atom. The molecule has 0 spiro atoms. The summed E-state index contributed by atoms with van der Waals surface area (Å²) in [6, 6.07) is 7.24. The maximum atomic E-state index is 11.8. The number of carbonyl (C=O) groups excluding carboxylic acids is 2. The second-order valence-corrected chi connectivity index (χ2v) is 5.98. The van der Waals surface area contributed by atoms with E-state index in [0.717, 1.165) is 17.1 Å². The third kappa shape index (κ3) is 3.82. The number of aldehydes is 1. The zero-order valence-electron chi connectivity index (χ0n) is 14.7. The topological polar surface area (TPSA) is 140 Å². The van der Waals surface area contributed by atoms with Crippen LogP contribution in [0.5, 0.6) is 0 Å². The summed E-state index contributed by atoms with van der Waals surface area (Å²) in [7, 11) is 0. The number of pyridine rings is 1. The van der Waals surface area contributed by atoms with E-state index >= 15 is 0 Å². The Morgan fingerprint density at radius 3 is 2.89 bits per heavy atom. The van der Waals surface area contributed by atoms with Gasteiger partial charge in [-0.3, -0.25) is 14.8 Å². The lowest BCUT2D eigenvalue weighted by Crippen LogP contribution is -2.40. The van der Waals surface area contributed by atoms with Crippen LogP contribution in [0.3, 0.4) is 0 Å². The number of fused-ring (bicyclic) bond motifs is 1. The largest absolute Gasteiger partial charge is 0.364 e. The van der Waals surface area contributed by atoms with Crippen molar-refractivity contribution in [3.05, 3.63) is 48.5 Å². The number of aromatic nitrogens is 3. The van der Waals surface area contributed by atoms with Gasteiger partial charge >= 0.3 is 0 Å². The van der Waals surface area contributed by atoms with Crippen LogP contribution >= 0.6 is 0 Å². The first-order valence-corrected chi connectivity index (χ1v) is 8.25. The molecule has 2 heterocycles. The molecule has 0 aliphatic heterocycles. The van der Waals surface area contributed by atoms with Crippen LogP contribution in [0.25, 0.3) is 10.8 Å². The highest BCUT2D eigenvalue weighted by molar-refractivity contribution is 5.99. The first-order valence-electron chi connectivity index (χ1n) is 8.25. The predicted molar refractivity (Wildman–Crippen MR) is 102 cm³/mol. The minimum absolute atomic E-state index is 0.0175. The van der Waals surface area contributed by atoms with E-state index < -0.39 is 5.91 Å². The fourth-order valence-corrected chi connectivity index (χ4v) is 2.60. The molecule has 1 atom stereocenters. The molecule has 138 valence electrons. The van der Waals surface area contributed by atoms with Gasteiger partial charge in [0.15, 0.2) is 17.3 Å². The van der Waals surface area contributed by atoms with E-state index in [9.17, 15) is 9.59 Å². The Kier molecular flexibility index (Phi) is 5.23. The van der Waals surface area contributed by atoms with Gasteiger partial charge < -0.3 is 15.8 Å². The van der Waals surface area contributed by atoms with Crippen molar-refractivity contribution in [3.63, 3.8) is 0 Å². The SMILES string of the molecule is C[C@H](CC=O)N(N)c1cnc(C(N)=O)c(Nc2cccc3ccncc23)n1. The maximum Gasteiger partial charge on any atom is 0.271 e. The zero-order chi connectivity index (χ0) is 19.4. The number of rotatable bonds is 7. The average molecular weight is 365 g/mol. The fourth-order valence-electron chi connectivity index (χ4n) is 2.60. The smallest absolute Gasteiger partial charge is 0.271 e. The predicted octanol–water partition coefficient (Wildman–Crippen LogP) is 1.52. The number of carbonyl (C=O) groups is 2. The lowest BCUT2D eigenvalue weighted by atomic mass is 10.1. The van der Waals surface area contributed by atoms with Crippen molar-refractivity contribution in [3.8, 4) is 0 Å². The summed E-state index contributed by atoms with van der Waals surface area (Å²) in [4.78, 5) is 35.1. The molecule has 9 nitrogen and oxygen atoms in total. The molecule has 0 saturated carbocycles. The van der Waals surface area contributed by atoms with Gasteiger partial charge in [-0.25, -0.2) is 15.8 Å². The van der Waals surface area contributed by atoms with E-state index in [2.05, 4.69) is 20.3 Å². The average Bonchev–Trinajstić information content (AvgIpc) is 2.67. The van der Waals surface area contributed by atoms with Gasteiger partial charge in [0.1, 0.15) is 6.29 Å². The Bertz CT molecular complexity index is 987. The highest BCUT2D eigenvalue weighted by Crippen LogP contribution is 2.27. The summed E-state index contributed by atoms with van der Waals surface area (Å²) in [6.45, 7) is 1.78. The van der Waals surface area contributed by atoms with Gasteiger partial charge in [0.05, 0.1) is 12.2 Å². The van der Waals surface area contributed by atoms with E-state index in [4.69, 9.17) is 11.6 Å². The number of hydrazine groups is 1. The molecule has 1 aromatic carbocycles. The highest BCUT2D eigenvalue weighted by atomic mass is 16.1. The van der Waals surface area contributed by atoms with Crippen molar-refractivity contribution < 1.29 is 9.59 Å². The van der Waals surface area contributed by atoms with Gasteiger partial charge in [0.2, 0.25) is 0 Å². The fraction of sp³-hybridized carbons (Fsp3) is 0.167. The van der Waals surface area contributed by atoms with E-state index in [0.29, 0.717) is 11.5 Å². The minimum Gasteiger partial charge on any atom is -0.364 e. The maximum absolute atomic E-state index is 11.8. The molecular weight excluding hydrogens is 346 g/mol. The number of nitrogens with two attached hydrogens (primary N) is 2. The number of hydrogen-bond acceptors (Lipinski definition) is 8. The molecule has 0 radical (unpaired) electrons. The summed E-state index contributed by atoms with van der Waals surface area (Å²) >= 11 is 0. The highest BCUT2D eigenvalue weighted by Gasteiger charge is 2.18. The second kappa shape index (κ2) is 7.75. The van der Waals surface area contributed by atoms with Gasteiger partial charge in [0, 0.05) is 29.9 Å². The molecule has 0 saturated heterocycles. The Labute approximate surface area is 155 Å². The van der Waals surface area contributed by atoms with E-state index in [1.54, 1.807) is 19.3 Å². The van der Waals surface area contributed by atoms with Crippen molar-refractivity contribution in [1.82, 2.24) is 15.0 Å². The summed E-state index contributed by atoms with van der Waals surface area (Å²) in [5, 5.41) is 6.24. The quantitative estimate of drug-likeness (QED) is 0.325. The van der Waals surface area contributed by atoms with Crippen molar-refractivity contribution in [2.24, 2.45) is 11.6 Å². The normalized spacial score (nSPS) is 11.8. The van der Waals surface area contributed by atoms with Crippen molar-refractivity contribution in [2.75, 3.05) is 10.3 Å². The Morgan fingerprint density at radius 1 is 1.33 bits per heavy atom. The zero-order valence-corrected chi connectivity index (χ0v) is 14.7. The van der Waals surface area contributed by atoms with Gasteiger partial charge in [-0.2, -0.15) is 0 Å². The van der Waals surface area contributed by atoms with Crippen LogP contribution in [-0.4, -0.2) is 33.2 Å². The minimum atomic E-state index is -0.723. The van der Waals surface area contributed by atoms with Crippen LogP contribution in [-0.2, 0) is 4.79 Å². The van der Waals surface area contributed by atoms with Crippen LogP contribution in [0.4, 0.5) is 17.3 Å². The first-order chi connectivity index (χ1) is 13.0. The van der Waals surface area contributed by atoms with E-state index in [1.807, 2.05) is 24.3 Å². The molecule has 0 bridgehead atoms. The first kappa shape index (κ1) is 18.2. The second-order valence-electron chi connectivity index (χ2n) is 5.98. The summed E-state index contributed by atoms with van der Waals surface area (Å²) in [5.74, 6) is 5.77. The molecule has 0 fully saturated rings. The number of anilines is 3. The van der Waals surface area contributed by atoms with Gasteiger partial charge in [-0.15, -0.1) is 0 Å². The number of amides is 1. The molecule has 27 heavy (non-hydrogen) atoms. The van der Waals surface area contributed by atoms with E-state index in [1.165, 1.54) is 11.2 Å². The summed E-state index contributed by atoms with van der Waals surface area (Å²) in [5.41, 5.74) is 6.11. The molecule has 0 aliphatic rings. The van der Waals surface area contributed by atoms with Crippen molar-refractivity contribution in [1.29, 1.82) is 0 Å². The number of hydrogen-bond donors (Lipinski definition) is 3. The van der Waals surface area contributed by atoms with Gasteiger partial charge in [-0.05, 0) is 24.4 Å².